The molecular formula is C16H28O2. The summed E-state index contributed by atoms with van der Waals surface area (Å²) in [6.07, 6.45) is 11.0. The zero-order valence-electron chi connectivity index (χ0n) is 12.0. The minimum absolute atomic E-state index is 0.0139. The molecule has 0 unspecified atom stereocenters. The molecule has 3 rings (SSSR count). The molecule has 1 heterocycles. The zero-order chi connectivity index (χ0) is 12.8. The molecule has 0 radical (unpaired) electrons. The smallest absolute Gasteiger partial charge is 0.0713 e. The van der Waals surface area contributed by atoms with Crippen molar-refractivity contribution >= 4 is 0 Å². The summed E-state index contributed by atoms with van der Waals surface area (Å²) in [4.78, 5) is 0. The van der Waals surface area contributed by atoms with Crippen LogP contribution >= 0.6 is 0 Å². The Labute approximate surface area is 111 Å². The van der Waals surface area contributed by atoms with Gasteiger partial charge in [-0.15, -0.1) is 0 Å². The van der Waals surface area contributed by atoms with Crippen molar-refractivity contribution in [2.75, 3.05) is 0 Å². The molecule has 0 bridgehead atoms. The van der Waals surface area contributed by atoms with E-state index >= 15 is 0 Å². The number of rotatable bonds is 0. The molecule has 0 amide bonds. The van der Waals surface area contributed by atoms with Gasteiger partial charge < -0.3 is 9.84 Å². The summed E-state index contributed by atoms with van der Waals surface area (Å²) in [5.74, 6) is 1.14. The first-order valence-electron chi connectivity index (χ1n) is 7.91. The van der Waals surface area contributed by atoms with Gasteiger partial charge in [-0.3, -0.25) is 0 Å². The molecule has 3 fully saturated rings. The van der Waals surface area contributed by atoms with Crippen molar-refractivity contribution in [2.24, 2.45) is 11.8 Å². The van der Waals surface area contributed by atoms with Gasteiger partial charge in [-0.2, -0.15) is 0 Å². The lowest BCUT2D eigenvalue weighted by molar-refractivity contribution is -0.248. The Bertz CT molecular complexity index is 304. The van der Waals surface area contributed by atoms with E-state index in [1.165, 1.54) is 38.5 Å². The molecule has 2 saturated carbocycles. The molecule has 18 heavy (non-hydrogen) atoms. The van der Waals surface area contributed by atoms with E-state index in [1.54, 1.807) is 0 Å². The average Bonchev–Trinajstić information content (AvgIpc) is 2.27. The van der Waals surface area contributed by atoms with Crippen molar-refractivity contribution in [3.05, 3.63) is 0 Å². The van der Waals surface area contributed by atoms with Crippen molar-refractivity contribution < 1.29 is 9.84 Å². The lowest BCUT2D eigenvalue weighted by atomic mass is 9.64. The van der Waals surface area contributed by atoms with Gasteiger partial charge in [0, 0.05) is 12.3 Å². The molecule has 3 aliphatic rings. The first-order valence-corrected chi connectivity index (χ1v) is 7.91. The van der Waals surface area contributed by atoms with Crippen LogP contribution in [0.25, 0.3) is 0 Å². The maximum atomic E-state index is 10.9. The first kappa shape index (κ1) is 12.9. The van der Waals surface area contributed by atoms with E-state index in [-0.39, 0.29) is 5.60 Å². The zero-order valence-corrected chi connectivity index (χ0v) is 12.0. The Balaban J connectivity index is 1.81. The minimum atomic E-state index is -0.500. The Morgan fingerprint density at radius 3 is 2.56 bits per heavy atom. The maximum absolute atomic E-state index is 10.9. The van der Waals surface area contributed by atoms with Crippen LogP contribution in [-0.2, 0) is 4.74 Å². The Hall–Kier alpha value is -0.0800. The fourth-order valence-corrected chi connectivity index (χ4v) is 4.81. The summed E-state index contributed by atoms with van der Waals surface area (Å²) >= 11 is 0. The van der Waals surface area contributed by atoms with Gasteiger partial charge in [0.05, 0.1) is 17.3 Å². The van der Waals surface area contributed by atoms with E-state index in [4.69, 9.17) is 4.74 Å². The number of fused-ring (bicyclic) bond motifs is 1. The maximum Gasteiger partial charge on any atom is 0.0713 e. The van der Waals surface area contributed by atoms with Gasteiger partial charge >= 0.3 is 0 Å². The highest BCUT2D eigenvalue weighted by Gasteiger charge is 2.53. The number of ether oxygens (including phenoxy) is 1. The third-order valence-corrected chi connectivity index (χ3v) is 5.70. The van der Waals surface area contributed by atoms with Crippen molar-refractivity contribution in [3.63, 3.8) is 0 Å². The third-order valence-electron chi connectivity index (χ3n) is 5.70. The summed E-state index contributed by atoms with van der Waals surface area (Å²) in [7, 11) is 0. The normalized spacial score (nSPS) is 47.8. The van der Waals surface area contributed by atoms with Crippen molar-refractivity contribution in [3.8, 4) is 0 Å². The molecule has 0 aromatic rings. The summed E-state index contributed by atoms with van der Waals surface area (Å²) in [5, 5.41) is 10.9. The van der Waals surface area contributed by atoms with E-state index in [0.29, 0.717) is 12.0 Å². The SMILES string of the molecule is C[C@@H]1CC[C@@H]2[C@@H](C1)OC1(CCCCC1)C[C@@]2(C)O. The fourth-order valence-electron chi connectivity index (χ4n) is 4.81. The number of hydrogen-bond acceptors (Lipinski definition) is 2. The third kappa shape index (κ3) is 2.22. The van der Waals surface area contributed by atoms with Crippen LogP contribution in [0, 0.1) is 11.8 Å². The van der Waals surface area contributed by atoms with Crippen LogP contribution in [0.1, 0.15) is 71.6 Å². The summed E-state index contributed by atoms with van der Waals surface area (Å²) in [6.45, 7) is 4.40. The molecule has 1 aliphatic heterocycles. The predicted octanol–water partition coefficient (Wildman–Crippen LogP) is 3.67. The van der Waals surface area contributed by atoms with Crippen molar-refractivity contribution in [2.45, 2.75) is 88.9 Å². The second kappa shape index (κ2) is 4.49. The molecule has 2 aliphatic carbocycles. The highest BCUT2D eigenvalue weighted by molar-refractivity contribution is 5.03. The quantitative estimate of drug-likeness (QED) is 0.713. The van der Waals surface area contributed by atoms with Gasteiger partial charge in [-0.05, 0) is 38.5 Å². The van der Waals surface area contributed by atoms with Crippen molar-refractivity contribution in [1.82, 2.24) is 0 Å². The first-order chi connectivity index (χ1) is 8.51. The molecule has 0 aromatic heterocycles. The van der Waals surface area contributed by atoms with Gasteiger partial charge in [0.25, 0.3) is 0 Å². The van der Waals surface area contributed by atoms with Crippen LogP contribution < -0.4 is 0 Å². The van der Waals surface area contributed by atoms with Crippen LogP contribution in [0.5, 0.6) is 0 Å². The summed E-state index contributed by atoms with van der Waals surface area (Å²) < 4.78 is 6.56. The van der Waals surface area contributed by atoms with E-state index < -0.39 is 5.60 Å². The average molecular weight is 252 g/mol. The lowest BCUT2D eigenvalue weighted by Crippen LogP contribution is -2.59. The molecule has 1 saturated heterocycles. The standard InChI is InChI=1S/C16H28O2/c1-12-6-7-13-14(10-12)18-16(11-15(13,2)17)8-4-3-5-9-16/h12-14,17H,3-11H2,1-2H3/t12-,13-,14-,15-/m1/s1. The molecule has 4 atom stereocenters. The van der Waals surface area contributed by atoms with Crippen LogP contribution in [0.3, 0.4) is 0 Å². The number of hydrogen-bond donors (Lipinski definition) is 1. The van der Waals surface area contributed by atoms with Gasteiger partial charge in [-0.1, -0.05) is 32.6 Å². The second-order valence-electron chi connectivity index (χ2n) is 7.46. The van der Waals surface area contributed by atoms with Gasteiger partial charge in [0.1, 0.15) is 0 Å². The van der Waals surface area contributed by atoms with E-state index in [0.717, 1.165) is 25.2 Å². The molecule has 1 N–H and O–H groups in total. The van der Waals surface area contributed by atoms with Crippen LogP contribution in [0.4, 0.5) is 0 Å². The molecule has 2 nitrogen and oxygen atoms in total. The largest absolute Gasteiger partial charge is 0.390 e. The van der Waals surface area contributed by atoms with Crippen LogP contribution in [0.2, 0.25) is 0 Å². The predicted molar refractivity (Wildman–Crippen MR) is 72.4 cm³/mol. The number of aliphatic hydroxyl groups is 1. The highest BCUT2D eigenvalue weighted by Crippen LogP contribution is 2.51. The van der Waals surface area contributed by atoms with E-state index in [9.17, 15) is 5.11 Å². The topological polar surface area (TPSA) is 29.5 Å². The summed E-state index contributed by atoms with van der Waals surface area (Å²) in [5.41, 5.74) is -0.486. The molecule has 1 spiro atoms. The highest BCUT2D eigenvalue weighted by atomic mass is 16.5. The van der Waals surface area contributed by atoms with Gasteiger partial charge in [0.2, 0.25) is 0 Å². The summed E-state index contributed by atoms with van der Waals surface area (Å²) in [6, 6.07) is 0. The minimum Gasteiger partial charge on any atom is -0.390 e. The monoisotopic (exact) mass is 252 g/mol. The van der Waals surface area contributed by atoms with E-state index in [1.807, 2.05) is 0 Å². The van der Waals surface area contributed by atoms with Crippen LogP contribution in [-0.4, -0.2) is 22.4 Å². The van der Waals surface area contributed by atoms with E-state index in [2.05, 4.69) is 13.8 Å². The van der Waals surface area contributed by atoms with Gasteiger partial charge in [-0.25, -0.2) is 0 Å². The van der Waals surface area contributed by atoms with Gasteiger partial charge in [0.15, 0.2) is 0 Å². The molecule has 0 aromatic carbocycles. The molecular weight excluding hydrogens is 224 g/mol. The fraction of sp³-hybridized carbons (Fsp3) is 1.00. The molecule has 104 valence electrons. The van der Waals surface area contributed by atoms with Crippen LogP contribution in [0.15, 0.2) is 0 Å². The Morgan fingerprint density at radius 1 is 1.11 bits per heavy atom. The Kier molecular flexibility index (Phi) is 3.22. The Morgan fingerprint density at radius 2 is 1.83 bits per heavy atom. The lowest BCUT2D eigenvalue weighted by Gasteiger charge is -2.55. The van der Waals surface area contributed by atoms with Crippen molar-refractivity contribution in [1.29, 1.82) is 0 Å². The second-order valence-corrected chi connectivity index (χ2v) is 7.46. The molecule has 2 heteroatoms.